The minimum atomic E-state index is -3.72. The largest absolute Gasteiger partial charge is 0.282 e. The molecule has 0 atom stereocenters. The molecule has 0 saturated carbocycles. The van der Waals surface area contributed by atoms with Gasteiger partial charge in [0.1, 0.15) is 4.90 Å². The summed E-state index contributed by atoms with van der Waals surface area (Å²) < 4.78 is 28.9. The Balaban J connectivity index is 2.08. The topological polar surface area (TPSA) is 74.8 Å². The number of rotatable bonds is 5. The molecule has 3 aromatic rings. The predicted octanol–water partition coefficient (Wildman–Crippen LogP) is 4.59. The molecule has 8 heteroatoms. The van der Waals surface area contributed by atoms with Gasteiger partial charge in [0.25, 0.3) is 10.0 Å². The van der Waals surface area contributed by atoms with Crippen LogP contribution in [0.4, 0.5) is 5.69 Å². The summed E-state index contributed by atoms with van der Waals surface area (Å²) in [7, 11) is -3.72. The highest BCUT2D eigenvalue weighted by molar-refractivity contribution is 7.98. The maximum Gasteiger partial charge on any atom is 0.263 e. The number of aromatic nitrogens is 2. The van der Waals surface area contributed by atoms with Gasteiger partial charge in [-0.05, 0) is 51.3 Å². The number of nitrogens with zero attached hydrogens (tertiary/aromatic N) is 1. The molecule has 5 nitrogen and oxygen atoms in total. The van der Waals surface area contributed by atoms with E-state index >= 15 is 0 Å². The third kappa shape index (κ3) is 3.61. The SMILES string of the molecule is CSc1cccc(NS(=O)(=O)c2c(C)sc(C)c2-c2cc(C)[nH]n2)c1. The summed E-state index contributed by atoms with van der Waals surface area (Å²) >= 11 is 3.04. The van der Waals surface area contributed by atoms with Crippen molar-refractivity contribution in [1.29, 1.82) is 0 Å². The number of benzene rings is 1. The zero-order valence-electron chi connectivity index (χ0n) is 14.4. The number of aryl methyl sites for hydroxylation is 3. The monoisotopic (exact) mass is 393 g/mol. The van der Waals surface area contributed by atoms with E-state index in [-0.39, 0.29) is 0 Å². The van der Waals surface area contributed by atoms with E-state index in [1.165, 1.54) is 11.3 Å². The van der Waals surface area contributed by atoms with E-state index in [9.17, 15) is 8.42 Å². The highest BCUT2D eigenvalue weighted by Gasteiger charge is 2.27. The van der Waals surface area contributed by atoms with E-state index in [0.717, 1.165) is 20.3 Å². The van der Waals surface area contributed by atoms with Crippen LogP contribution in [0.2, 0.25) is 0 Å². The van der Waals surface area contributed by atoms with Crippen LogP contribution in [0.5, 0.6) is 0 Å². The Morgan fingerprint density at radius 3 is 2.56 bits per heavy atom. The van der Waals surface area contributed by atoms with E-state index < -0.39 is 10.0 Å². The van der Waals surface area contributed by atoms with Crippen molar-refractivity contribution in [3.63, 3.8) is 0 Å². The van der Waals surface area contributed by atoms with Crippen LogP contribution in [-0.2, 0) is 10.0 Å². The summed E-state index contributed by atoms with van der Waals surface area (Å²) in [6.07, 6.45) is 1.96. The lowest BCUT2D eigenvalue weighted by Crippen LogP contribution is -2.14. The van der Waals surface area contributed by atoms with Crippen LogP contribution in [0.3, 0.4) is 0 Å². The van der Waals surface area contributed by atoms with E-state index in [1.54, 1.807) is 17.8 Å². The Kier molecular flexibility index (Phi) is 4.95. The van der Waals surface area contributed by atoms with Crippen molar-refractivity contribution in [3.8, 4) is 11.3 Å². The number of sulfonamides is 1. The van der Waals surface area contributed by atoms with Crippen molar-refractivity contribution >= 4 is 38.8 Å². The quantitative estimate of drug-likeness (QED) is 0.622. The molecule has 0 unspecified atom stereocenters. The Hall–Kier alpha value is -1.77. The first-order valence-corrected chi connectivity index (χ1v) is 11.1. The van der Waals surface area contributed by atoms with Gasteiger partial charge in [0.15, 0.2) is 0 Å². The zero-order valence-corrected chi connectivity index (χ0v) is 16.8. The van der Waals surface area contributed by atoms with Crippen LogP contribution in [0.1, 0.15) is 15.4 Å². The third-order valence-electron chi connectivity index (χ3n) is 3.76. The van der Waals surface area contributed by atoms with Gasteiger partial charge in [0, 0.05) is 31.6 Å². The van der Waals surface area contributed by atoms with Crippen LogP contribution in [0.25, 0.3) is 11.3 Å². The fourth-order valence-electron chi connectivity index (χ4n) is 2.72. The summed E-state index contributed by atoms with van der Waals surface area (Å²) in [6, 6.07) is 9.23. The molecule has 0 fully saturated rings. The standard InChI is InChI=1S/C17H19N3O2S3/c1-10-8-15(19-18-10)16-11(2)24-12(3)17(16)25(21,22)20-13-6-5-7-14(9-13)23-4/h5-9,20H,1-4H3,(H,18,19). The van der Waals surface area contributed by atoms with E-state index in [0.29, 0.717) is 21.8 Å². The van der Waals surface area contributed by atoms with Gasteiger partial charge >= 0.3 is 0 Å². The average molecular weight is 394 g/mol. The molecule has 0 radical (unpaired) electrons. The molecule has 0 aliphatic rings. The second kappa shape index (κ2) is 6.86. The first kappa shape index (κ1) is 18.0. The Bertz CT molecular complexity index is 1020. The second-order valence-electron chi connectivity index (χ2n) is 5.69. The van der Waals surface area contributed by atoms with Crippen LogP contribution < -0.4 is 4.72 Å². The fraction of sp³-hybridized carbons (Fsp3) is 0.235. The highest BCUT2D eigenvalue weighted by atomic mass is 32.2. The first-order valence-electron chi connectivity index (χ1n) is 7.61. The van der Waals surface area contributed by atoms with Crippen molar-refractivity contribution in [3.05, 3.63) is 45.8 Å². The van der Waals surface area contributed by atoms with Gasteiger partial charge in [-0.15, -0.1) is 23.1 Å². The molecule has 0 amide bonds. The van der Waals surface area contributed by atoms with Gasteiger partial charge in [-0.3, -0.25) is 9.82 Å². The first-order chi connectivity index (χ1) is 11.8. The molecule has 2 aromatic heterocycles. The normalized spacial score (nSPS) is 11.7. The lowest BCUT2D eigenvalue weighted by molar-refractivity contribution is 0.601. The lowest BCUT2D eigenvalue weighted by atomic mass is 10.2. The molecule has 0 aliphatic heterocycles. The van der Waals surface area contributed by atoms with Crippen LogP contribution in [0, 0.1) is 20.8 Å². The van der Waals surface area contributed by atoms with Crippen LogP contribution in [-0.4, -0.2) is 24.9 Å². The molecule has 0 bridgehead atoms. The van der Waals surface area contributed by atoms with Gasteiger partial charge in [0.2, 0.25) is 0 Å². The molecule has 1 aromatic carbocycles. The zero-order chi connectivity index (χ0) is 18.2. The number of anilines is 1. The van der Waals surface area contributed by atoms with Gasteiger partial charge in [-0.25, -0.2) is 8.42 Å². The average Bonchev–Trinajstić information content (AvgIpc) is 3.09. The molecular formula is C17H19N3O2S3. The van der Waals surface area contributed by atoms with Gasteiger partial charge in [0.05, 0.1) is 5.69 Å². The molecular weight excluding hydrogens is 374 g/mol. The molecule has 0 spiro atoms. The van der Waals surface area contributed by atoms with Crippen molar-refractivity contribution in [2.45, 2.75) is 30.6 Å². The summed E-state index contributed by atoms with van der Waals surface area (Å²) in [5.74, 6) is 0. The Morgan fingerprint density at radius 1 is 1.16 bits per heavy atom. The fourth-order valence-corrected chi connectivity index (χ4v) is 6.11. The molecule has 2 N–H and O–H groups in total. The summed E-state index contributed by atoms with van der Waals surface area (Å²) in [4.78, 5) is 2.99. The van der Waals surface area contributed by atoms with Crippen molar-refractivity contribution in [1.82, 2.24) is 10.2 Å². The maximum absolute atomic E-state index is 13.1. The number of thioether (sulfide) groups is 1. The smallest absolute Gasteiger partial charge is 0.263 e. The molecule has 25 heavy (non-hydrogen) atoms. The molecule has 3 rings (SSSR count). The van der Waals surface area contributed by atoms with Crippen molar-refractivity contribution in [2.24, 2.45) is 0 Å². The van der Waals surface area contributed by atoms with Gasteiger partial charge < -0.3 is 0 Å². The summed E-state index contributed by atoms with van der Waals surface area (Å²) in [5, 5.41) is 7.14. The molecule has 0 saturated heterocycles. The van der Waals surface area contributed by atoms with Crippen molar-refractivity contribution < 1.29 is 8.42 Å². The van der Waals surface area contributed by atoms with Crippen LogP contribution >= 0.6 is 23.1 Å². The highest BCUT2D eigenvalue weighted by Crippen LogP contribution is 2.39. The number of nitrogens with one attached hydrogen (secondary N) is 2. The van der Waals surface area contributed by atoms with Gasteiger partial charge in [-0.1, -0.05) is 6.07 Å². The van der Waals surface area contributed by atoms with Crippen molar-refractivity contribution in [2.75, 3.05) is 11.0 Å². The summed E-state index contributed by atoms with van der Waals surface area (Å²) in [6.45, 7) is 5.64. The molecule has 0 aliphatic carbocycles. The Morgan fingerprint density at radius 2 is 1.92 bits per heavy atom. The minimum absolute atomic E-state index is 0.302. The maximum atomic E-state index is 13.1. The van der Waals surface area contributed by atoms with E-state index in [4.69, 9.17) is 0 Å². The predicted molar refractivity (Wildman–Crippen MR) is 105 cm³/mol. The number of aromatic amines is 1. The van der Waals surface area contributed by atoms with E-state index in [1.807, 2.05) is 51.3 Å². The van der Waals surface area contributed by atoms with Crippen LogP contribution in [0.15, 0.2) is 40.1 Å². The third-order valence-corrected chi connectivity index (χ3v) is 7.19. The summed E-state index contributed by atoms with van der Waals surface area (Å²) in [5.41, 5.74) is 2.76. The second-order valence-corrected chi connectivity index (χ2v) is 9.62. The Labute approximate surface area is 155 Å². The van der Waals surface area contributed by atoms with Gasteiger partial charge in [-0.2, -0.15) is 5.10 Å². The number of hydrogen-bond acceptors (Lipinski definition) is 5. The lowest BCUT2D eigenvalue weighted by Gasteiger charge is -2.11. The number of H-pyrrole nitrogens is 1. The number of thiophene rings is 1. The number of hydrogen-bond donors (Lipinski definition) is 2. The van der Waals surface area contributed by atoms with E-state index in [2.05, 4.69) is 14.9 Å². The molecule has 2 heterocycles. The minimum Gasteiger partial charge on any atom is -0.282 e. The molecule has 132 valence electrons.